The van der Waals surface area contributed by atoms with E-state index in [1.165, 1.54) is 26.8 Å². The second kappa shape index (κ2) is 9.67. The molecule has 1 aliphatic rings. The van der Waals surface area contributed by atoms with Crippen LogP contribution in [0.1, 0.15) is 0 Å². The molecule has 11 rings (SSSR count). The van der Waals surface area contributed by atoms with Crippen LogP contribution >= 0.6 is 11.3 Å². The van der Waals surface area contributed by atoms with E-state index in [1.54, 1.807) is 11.3 Å². The molecule has 1 aliphatic carbocycles. The maximum atomic E-state index is 6.24. The lowest BCUT2D eigenvalue weighted by Gasteiger charge is -2.26. The number of furan rings is 2. The molecule has 0 unspecified atom stereocenters. The highest BCUT2D eigenvalue weighted by molar-refractivity contribution is 7.19. The monoisotopic (exact) mass is 632 g/mol. The fraction of sp³-hybridized carbons (Fsp3) is 0. The van der Waals surface area contributed by atoms with Crippen LogP contribution in [0, 0.1) is 0 Å². The molecule has 7 aromatic carbocycles. The first-order chi connectivity index (χ1) is 23.8. The second-order valence-electron chi connectivity index (χ2n) is 12.4. The number of fused-ring (bicyclic) bond motifs is 9. The summed E-state index contributed by atoms with van der Waals surface area (Å²) in [6.07, 6.45) is 0. The lowest BCUT2D eigenvalue weighted by atomic mass is 10.0. The topological polar surface area (TPSA) is 42.4 Å². The van der Waals surface area contributed by atoms with Crippen molar-refractivity contribution in [3.05, 3.63) is 146 Å². The van der Waals surface area contributed by atoms with Gasteiger partial charge in [0.2, 0.25) is 0 Å². The third-order valence-corrected chi connectivity index (χ3v) is 10.7. The van der Waals surface area contributed by atoms with E-state index in [9.17, 15) is 0 Å². The van der Waals surface area contributed by atoms with Crippen LogP contribution in [0.2, 0.25) is 0 Å². The Morgan fingerprint density at radius 2 is 1.10 bits per heavy atom. The van der Waals surface area contributed by atoms with E-state index in [4.69, 9.17) is 13.8 Å². The van der Waals surface area contributed by atoms with E-state index in [2.05, 4.69) is 126 Å². The van der Waals surface area contributed by atoms with Crippen molar-refractivity contribution in [2.75, 3.05) is 4.90 Å². The largest absolute Gasteiger partial charge is 0.456 e. The van der Waals surface area contributed by atoms with Crippen LogP contribution < -0.4 is 4.90 Å². The summed E-state index contributed by atoms with van der Waals surface area (Å²) in [5.74, 6) is 0. The summed E-state index contributed by atoms with van der Waals surface area (Å²) in [6, 6.07) is 51.2. The van der Waals surface area contributed by atoms with Crippen molar-refractivity contribution in [2.45, 2.75) is 0 Å². The molecule has 224 valence electrons. The highest BCUT2D eigenvalue weighted by atomic mass is 32.1. The van der Waals surface area contributed by atoms with Gasteiger partial charge in [-0.3, -0.25) is 0 Å². The maximum absolute atomic E-state index is 6.24. The molecule has 0 atom stereocenters. The zero-order valence-corrected chi connectivity index (χ0v) is 26.3. The molecule has 3 aromatic heterocycles. The van der Waals surface area contributed by atoms with Gasteiger partial charge in [-0.1, -0.05) is 84.9 Å². The number of benzene rings is 7. The van der Waals surface area contributed by atoms with Gasteiger partial charge in [-0.05, 0) is 71.4 Å². The van der Waals surface area contributed by atoms with Gasteiger partial charge < -0.3 is 13.7 Å². The van der Waals surface area contributed by atoms with Gasteiger partial charge in [-0.25, -0.2) is 4.98 Å². The van der Waals surface area contributed by atoms with E-state index >= 15 is 0 Å². The number of anilines is 3. The van der Waals surface area contributed by atoms with E-state index in [0.29, 0.717) is 0 Å². The Bertz CT molecular complexity index is 2800. The van der Waals surface area contributed by atoms with Crippen LogP contribution in [0.25, 0.3) is 86.9 Å². The van der Waals surface area contributed by atoms with E-state index < -0.39 is 0 Å². The maximum Gasteiger partial charge on any atom is 0.135 e. The first-order valence-electron chi connectivity index (χ1n) is 16.0. The normalized spacial score (nSPS) is 12.2. The number of nitrogens with zero attached hydrogens (tertiary/aromatic N) is 2. The van der Waals surface area contributed by atoms with Crippen LogP contribution in [0.4, 0.5) is 17.1 Å². The molecule has 4 nitrogen and oxygen atoms in total. The Kier molecular flexibility index (Phi) is 5.23. The van der Waals surface area contributed by atoms with Crippen molar-refractivity contribution in [3.63, 3.8) is 0 Å². The Hall–Kier alpha value is -6.17. The lowest BCUT2D eigenvalue weighted by molar-refractivity contribution is 0.668. The molecule has 0 N–H and O–H groups in total. The van der Waals surface area contributed by atoms with Gasteiger partial charge in [0.05, 0.1) is 10.6 Å². The summed E-state index contributed by atoms with van der Waals surface area (Å²) in [7, 11) is 0. The van der Waals surface area contributed by atoms with Gasteiger partial charge in [-0.15, -0.1) is 11.3 Å². The number of rotatable bonds is 4. The Balaban J connectivity index is 1.17. The van der Waals surface area contributed by atoms with E-state index in [1.807, 2.05) is 24.3 Å². The molecule has 0 saturated carbocycles. The van der Waals surface area contributed by atoms with Crippen LogP contribution in [0.5, 0.6) is 0 Å². The predicted octanol–water partition coefficient (Wildman–Crippen LogP) is 12.9. The van der Waals surface area contributed by atoms with E-state index in [-0.39, 0.29) is 0 Å². The first-order valence-corrected chi connectivity index (χ1v) is 16.8. The summed E-state index contributed by atoms with van der Waals surface area (Å²) in [4.78, 5) is 8.77. The fourth-order valence-corrected chi connectivity index (χ4v) is 8.57. The molecular formula is C43H24N2O2S. The number of aromatic nitrogens is 1. The summed E-state index contributed by atoms with van der Waals surface area (Å²) < 4.78 is 12.5. The Morgan fingerprint density at radius 3 is 1.79 bits per heavy atom. The molecule has 10 aromatic rings. The standard InChI is InChI=1S/C43H24N2O2S/c1-2-9-25(10-3-1)43-44-41-32-14-8-11-26-21-29(24-35(40(26)32)42(41)48-43)45(27-17-19-38-33(22-27)30-12-4-6-15-36(30)46-38)28-18-20-39-34(23-28)31-13-5-7-16-37(31)47-39/h1-24H. The zero-order valence-electron chi connectivity index (χ0n) is 25.5. The molecule has 0 fully saturated rings. The van der Waals surface area contributed by atoms with Crippen molar-refractivity contribution in [1.82, 2.24) is 4.98 Å². The molecule has 48 heavy (non-hydrogen) atoms. The minimum absolute atomic E-state index is 0.876. The number of hydrogen-bond donors (Lipinski definition) is 0. The fourth-order valence-electron chi connectivity index (χ4n) is 7.46. The van der Waals surface area contributed by atoms with Crippen LogP contribution in [0.15, 0.2) is 154 Å². The summed E-state index contributed by atoms with van der Waals surface area (Å²) in [5.41, 5.74) is 11.4. The molecule has 0 saturated heterocycles. The van der Waals surface area contributed by atoms with Crippen LogP contribution in [-0.4, -0.2) is 4.98 Å². The van der Waals surface area contributed by atoms with Crippen LogP contribution in [0.3, 0.4) is 0 Å². The van der Waals surface area contributed by atoms with Crippen molar-refractivity contribution >= 4 is 83.0 Å². The molecule has 0 aliphatic heterocycles. The third kappa shape index (κ3) is 3.68. The SMILES string of the molecule is c1ccc(-c2nc3c(s2)-c2cc(N(c4ccc5oc6ccccc6c5c4)c4ccc5oc6ccccc6c5c4)cc4cccc-3c24)cc1. The van der Waals surface area contributed by atoms with Crippen molar-refractivity contribution in [1.29, 1.82) is 0 Å². The van der Waals surface area contributed by atoms with E-state index in [0.717, 1.165) is 77.2 Å². The summed E-state index contributed by atoms with van der Waals surface area (Å²) in [5, 5.41) is 7.90. The zero-order chi connectivity index (χ0) is 31.3. The van der Waals surface area contributed by atoms with Crippen molar-refractivity contribution in [3.8, 4) is 32.3 Å². The predicted molar refractivity (Wildman–Crippen MR) is 199 cm³/mol. The summed E-state index contributed by atoms with van der Waals surface area (Å²) >= 11 is 1.77. The Labute approximate surface area is 278 Å². The third-order valence-electron chi connectivity index (χ3n) is 9.60. The highest BCUT2D eigenvalue weighted by Gasteiger charge is 2.28. The van der Waals surface area contributed by atoms with Gasteiger partial charge >= 0.3 is 0 Å². The van der Waals surface area contributed by atoms with Crippen LogP contribution in [-0.2, 0) is 0 Å². The number of para-hydroxylation sites is 2. The quantitative estimate of drug-likeness (QED) is 0.194. The molecule has 0 amide bonds. The van der Waals surface area contributed by atoms with Gasteiger partial charge in [0.25, 0.3) is 0 Å². The molecule has 0 spiro atoms. The number of hydrogen-bond acceptors (Lipinski definition) is 5. The van der Waals surface area contributed by atoms with Gasteiger partial charge in [0.1, 0.15) is 27.3 Å². The van der Waals surface area contributed by atoms with Gasteiger partial charge in [-0.2, -0.15) is 0 Å². The highest BCUT2D eigenvalue weighted by Crippen LogP contribution is 2.53. The van der Waals surface area contributed by atoms with Crippen molar-refractivity contribution in [2.24, 2.45) is 0 Å². The summed E-state index contributed by atoms with van der Waals surface area (Å²) in [6.45, 7) is 0. The second-order valence-corrected chi connectivity index (χ2v) is 13.4. The Morgan fingerprint density at radius 1 is 0.479 bits per heavy atom. The molecule has 0 bridgehead atoms. The minimum atomic E-state index is 0.876. The molecule has 5 heteroatoms. The average molecular weight is 633 g/mol. The van der Waals surface area contributed by atoms with Crippen molar-refractivity contribution < 1.29 is 8.83 Å². The number of thiazole rings is 1. The van der Waals surface area contributed by atoms with Gasteiger partial charge in [0, 0.05) is 55.3 Å². The smallest absolute Gasteiger partial charge is 0.135 e. The minimum Gasteiger partial charge on any atom is -0.456 e. The molecule has 3 heterocycles. The molecule has 0 radical (unpaired) electrons. The lowest BCUT2D eigenvalue weighted by Crippen LogP contribution is -2.10. The first kappa shape index (κ1) is 26.0. The molecular weight excluding hydrogens is 609 g/mol. The average Bonchev–Trinajstić information content (AvgIpc) is 3.90. The van der Waals surface area contributed by atoms with Gasteiger partial charge in [0.15, 0.2) is 0 Å².